The molecule has 2 aromatic rings. The summed E-state index contributed by atoms with van der Waals surface area (Å²) in [6, 6.07) is 11.1. The zero-order valence-corrected chi connectivity index (χ0v) is 13.7. The Hall–Kier alpha value is -1.78. The van der Waals surface area contributed by atoms with Gasteiger partial charge in [-0.15, -0.1) is 12.4 Å². The molecule has 0 atom stereocenters. The normalized spacial score (nSPS) is 10.1. The summed E-state index contributed by atoms with van der Waals surface area (Å²) in [5.41, 5.74) is 1.48. The third-order valence-corrected chi connectivity index (χ3v) is 3.26. The van der Waals surface area contributed by atoms with Gasteiger partial charge in [-0.1, -0.05) is 25.5 Å². The van der Waals surface area contributed by atoms with E-state index in [0.29, 0.717) is 5.56 Å². The van der Waals surface area contributed by atoms with E-state index in [4.69, 9.17) is 4.42 Å². The van der Waals surface area contributed by atoms with Gasteiger partial charge in [0.05, 0.1) is 19.2 Å². The fourth-order valence-corrected chi connectivity index (χ4v) is 2.03. The molecule has 2 rings (SSSR count). The van der Waals surface area contributed by atoms with E-state index in [-0.39, 0.29) is 18.4 Å². The van der Waals surface area contributed by atoms with Crippen molar-refractivity contribution < 1.29 is 13.9 Å². The molecule has 0 unspecified atom stereocenters. The van der Waals surface area contributed by atoms with Crippen LogP contribution in [0.2, 0.25) is 0 Å². The number of nitrogens with one attached hydrogen (secondary N) is 1. The van der Waals surface area contributed by atoms with Crippen LogP contribution in [0.3, 0.4) is 0 Å². The highest BCUT2D eigenvalue weighted by atomic mass is 35.5. The smallest absolute Gasteiger partial charge is 0.337 e. The minimum absolute atomic E-state index is 0. The molecule has 4 nitrogen and oxygen atoms in total. The minimum Gasteiger partial charge on any atom is -0.465 e. The van der Waals surface area contributed by atoms with Gasteiger partial charge in [0, 0.05) is 5.56 Å². The van der Waals surface area contributed by atoms with E-state index in [0.717, 1.165) is 30.2 Å². The van der Waals surface area contributed by atoms with Gasteiger partial charge in [-0.05, 0) is 37.2 Å². The second kappa shape index (κ2) is 9.28. The van der Waals surface area contributed by atoms with Crippen molar-refractivity contribution in [2.45, 2.75) is 26.3 Å². The van der Waals surface area contributed by atoms with Gasteiger partial charge in [0.15, 0.2) is 0 Å². The van der Waals surface area contributed by atoms with Crippen LogP contribution in [0.4, 0.5) is 0 Å². The number of esters is 1. The molecule has 120 valence electrons. The fourth-order valence-electron chi connectivity index (χ4n) is 2.03. The van der Waals surface area contributed by atoms with E-state index < -0.39 is 0 Å². The van der Waals surface area contributed by atoms with Crippen LogP contribution in [0, 0.1) is 0 Å². The molecule has 0 saturated carbocycles. The Bertz CT molecular complexity index is 578. The molecular weight excluding hydrogens is 302 g/mol. The molecule has 0 spiro atoms. The van der Waals surface area contributed by atoms with Gasteiger partial charge in [0.1, 0.15) is 11.5 Å². The SMILES string of the molecule is CCCCNCc1ccc(-c2ccc(C(=O)OC)cc2)o1.Cl. The summed E-state index contributed by atoms with van der Waals surface area (Å²) in [5, 5.41) is 3.34. The Morgan fingerprint density at radius 1 is 1.18 bits per heavy atom. The van der Waals surface area contributed by atoms with Gasteiger partial charge in [-0.3, -0.25) is 0 Å². The predicted molar refractivity (Wildman–Crippen MR) is 89.3 cm³/mol. The van der Waals surface area contributed by atoms with Gasteiger partial charge in [-0.25, -0.2) is 4.79 Å². The number of carbonyl (C=O) groups excluding carboxylic acids is 1. The summed E-state index contributed by atoms with van der Waals surface area (Å²) >= 11 is 0. The van der Waals surface area contributed by atoms with Gasteiger partial charge in [-0.2, -0.15) is 0 Å². The molecule has 0 fully saturated rings. The molecule has 0 aliphatic carbocycles. The Morgan fingerprint density at radius 2 is 1.91 bits per heavy atom. The topological polar surface area (TPSA) is 51.5 Å². The van der Waals surface area contributed by atoms with Crippen molar-refractivity contribution in [2.24, 2.45) is 0 Å². The molecule has 0 saturated heterocycles. The summed E-state index contributed by atoms with van der Waals surface area (Å²) in [6.07, 6.45) is 2.35. The van der Waals surface area contributed by atoms with E-state index in [2.05, 4.69) is 17.0 Å². The molecular formula is C17H22ClNO3. The summed E-state index contributed by atoms with van der Waals surface area (Å²) in [5.74, 6) is 1.39. The predicted octanol–water partition coefficient (Wildman–Crippen LogP) is 4.04. The molecule has 1 aromatic heterocycles. The number of halogens is 1. The third kappa shape index (κ3) is 4.90. The van der Waals surface area contributed by atoms with Crippen LogP contribution in [-0.4, -0.2) is 19.6 Å². The first kappa shape index (κ1) is 18.3. The van der Waals surface area contributed by atoms with Gasteiger partial charge in [0.2, 0.25) is 0 Å². The number of benzene rings is 1. The number of unbranched alkanes of at least 4 members (excludes halogenated alkanes) is 1. The Labute approximate surface area is 137 Å². The number of ether oxygens (including phenoxy) is 1. The van der Waals surface area contributed by atoms with Crippen LogP contribution in [0.1, 0.15) is 35.9 Å². The molecule has 0 aliphatic heterocycles. The van der Waals surface area contributed by atoms with Crippen molar-refractivity contribution in [1.82, 2.24) is 5.32 Å². The van der Waals surface area contributed by atoms with Gasteiger partial charge < -0.3 is 14.5 Å². The molecule has 22 heavy (non-hydrogen) atoms. The number of hydrogen-bond acceptors (Lipinski definition) is 4. The van der Waals surface area contributed by atoms with Crippen molar-refractivity contribution >= 4 is 18.4 Å². The first-order valence-corrected chi connectivity index (χ1v) is 7.22. The van der Waals surface area contributed by atoms with E-state index in [9.17, 15) is 4.79 Å². The monoisotopic (exact) mass is 323 g/mol. The van der Waals surface area contributed by atoms with Crippen molar-refractivity contribution in [1.29, 1.82) is 0 Å². The minimum atomic E-state index is -0.332. The van der Waals surface area contributed by atoms with Crippen LogP contribution in [0.15, 0.2) is 40.8 Å². The largest absolute Gasteiger partial charge is 0.465 e. The fraction of sp³-hybridized carbons (Fsp3) is 0.353. The number of hydrogen-bond donors (Lipinski definition) is 1. The first-order valence-electron chi connectivity index (χ1n) is 7.22. The van der Waals surface area contributed by atoms with E-state index in [1.54, 1.807) is 12.1 Å². The maximum atomic E-state index is 11.4. The first-order chi connectivity index (χ1) is 10.2. The molecule has 1 heterocycles. The number of furan rings is 1. The zero-order chi connectivity index (χ0) is 15.1. The summed E-state index contributed by atoms with van der Waals surface area (Å²) in [6.45, 7) is 3.91. The van der Waals surface area contributed by atoms with Crippen molar-refractivity contribution in [3.8, 4) is 11.3 Å². The lowest BCUT2D eigenvalue weighted by atomic mass is 10.1. The average molecular weight is 324 g/mol. The van der Waals surface area contributed by atoms with Crippen LogP contribution in [0.5, 0.6) is 0 Å². The maximum absolute atomic E-state index is 11.4. The van der Waals surface area contributed by atoms with Crippen LogP contribution >= 0.6 is 12.4 Å². The quantitative estimate of drug-likeness (QED) is 0.617. The summed E-state index contributed by atoms with van der Waals surface area (Å²) in [4.78, 5) is 11.4. The highest BCUT2D eigenvalue weighted by Crippen LogP contribution is 2.22. The highest BCUT2D eigenvalue weighted by molar-refractivity contribution is 5.89. The van der Waals surface area contributed by atoms with Gasteiger partial charge >= 0.3 is 5.97 Å². The highest BCUT2D eigenvalue weighted by Gasteiger charge is 2.08. The van der Waals surface area contributed by atoms with E-state index >= 15 is 0 Å². The standard InChI is InChI=1S/C17H21NO3.ClH/c1-3-4-11-18-12-15-9-10-16(21-15)13-5-7-14(8-6-13)17(19)20-2;/h5-10,18H,3-4,11-12H2,1-2H3;1H. The number of carbonyl (C=O) groups is 1. The Kier molecular flexibility index (Phi) is 7.71. The molecule has 0 radical (unpaired) electrons. The zero-order valence-electron chi connectivity index (χ0n) is 12.9. The Morgan fingerprint density at radius 3 is 2.55 bits per heavy atom. The lowest BCUT2D eigenvalue weighted by molar-refractivity contribution is 0.0601. The lowest BCUT2D eigenvalue weighted by Gasteiger charge is -2.02. The number of methoxy groups -OCH3 is 1. The molecule has 0 aliphatic rings. The van der Waals surface area contributed by atoms with Crippen molar-refractivity contribution in [3.63, 3.8) is 0 Å². The maximum Gasteiger partial charge on any atom is 0.337 e. The van der Waals surface area contributed by atoms with Crippen LogP contribution in [0.25, 0.3) is 11.3 Å². The van der Waals surface area contributed by atoms with E-state index in [1.165, 1.54) is 20.0 Å². The Balaban J connectivity index is 0.00000242. The third-order valence-electron chi connectivity index (χ3n) is 3.26. The molecule has 5 heteroatoms. The second-order valence-electron chi connectivity index (χ2n) is 4.87. The van der Waals surface area contributed by atoms with Crippen LogP contribution < -0.4 is 5.32 Å². The summed E-state index contributed by atoms with van der Waals surface area (Å²) < 4.78 is 10.5. The second-order valence-corrected chi connectivity index (χ2v) is 4.87. The number of rotatable bonds is 7. The molecule has 1 N–H and O–H groups in total. The average Bonchev–Trinajstić information content (AvgIpc) is 3.00. The van der Waals surface area contributed by atoms with Crippen molar-refractivity contribution in [3.05, 3.63) is 47.7 Å². The van der Waals surface area contributed by atoms with E-state index in [1.807, 2.05) is 24.3 Å². The molecule has 0 bridgehead atoms. The molecule has 1 aromatic carbocycles. The molecule has 0 amide bonds. The summed E-state index contributed by atoms with van der Waals surface area (Å²) in [7, 11) is 1.38. The van der Waals surface area contributed by atoms with Crippen LogP contribution in [-0.2, 0) is 11.3 Å². The van der Waals surface area contributed by atoms with Crippen molar-refractivity contribution in [2.75, 3.05) is 13.7 Å². The lowest BCUT2D eigenvalue weighted by Crippen LogP contribution is -2.13. The van der Waals surface area contributed by atoms with Gasteiger partial charge in [0.25, 0.3) is 0 Å².